The first-order chi connectivity index (χ1) is 49.2. The van der Waals surface area contributed by atoms with Crippen molar-refractivity contribution in [1.82, 2.24) is 47.9 Å². The molecule has 16 rings (SSSR count). The summed E-state index contributed by atoms with van der Waals surface area (Å²) in [4.78, 5) is 0. The van der Waals surface area contributed by atoms with E-state index in [-0.39, 0.29) is 121 Å². The molecule has 0 aromatic rings. The van der Waals surface area contributed by atoms with Gasteiger partial charge in [0.15, 0.2) is 0 Å². The van der Waals surface area contributed by atoms with Crippen LogP contribution in [0.15, 0.2) is 0 Å². The minimum Gasteiger partial charge on any atom is -0.378 e. The summed E-state index contributed by atoms with van der Waals surface area (Å²) in [5.74, 6) is 11.6. The molecule has 15 heteroatoms. The molecule has 6 saturated heterocycles. The third kappa shape index (κ3) is 14.1. The Morgan fingerprint density at radius 1 is 0.250 bits per heavy atom. The number of fused-ring (bicyclic) bond motifs is 27. The summed E-state index contributed by atoms with van der Waals surface area (Å²) in [6.45, 7) is 25.7. The summed E-state index contributed by atoms with van der Waals surface area (Å²) in [6.07, 6.45) is 41.6. The summed E-state index contributed by atoms with van der Waals surface area (Å²) in [5.41, 5.74) is 0. The van der Waals surface area contributed by atoms with Gasteiger partial charge in [0.05, 0.1) is 86.0 Å². The van der Waals surface area contributed by atoms with Crippen molar-refractivity contribution >= 4 is 0 Å². The second kappa shape index (κ2) is 33.3. The van der Waals surface area contributed by atoms with Gasteiger partial charge < -0.3 is 33.7 Å². The fourth-order valence-electron chi connectivity index (χ4n) is 28.3. The highest BCUT2D eigenvalue weighted by atomic mass is 16.5. The van der Waals surface area contributed by atoms with E-state index in [1.807, 2.05) is 0 Å². The second-order valence-electron chi connectivity index (χ2n) is 37.7. The van der Waals surface area contributed by atoms with E-state index in [9.17, 15) is 0 Å². The Kier molecular flexibility index (Phi) is 24.5. The maximum Gasteiger partial charge on any atom is 0.0790 e. The molecular formula is C85H149N9O6. The molecular weight excluding hydrogens is 1240 g/mol. The van der Waals surface area contributed by atoms with Crippen molar-refractivity contribution in [3.05, 3.63) is 0 Å². The lowest BCUT2D eigenvalue weighted by Crippen LogP contribution is -2.66. The largest absolute Gasteiger partial charge is 0.378 e. The Hall–Kier alpha value is -0.600. The average molecular weight is 1390 g/mol. The van der Waals surface area contributed by atoms with Gasteiger partial charge in [-0.05, 0) is 197 Å². The van der Waals surface area contributed by atoms with Crippen LogP contribution in [-0.4, -0.2) is 138 Å². The van der Waals surface area contributed by atoms with Gasteiger partial charge in [-0.15, -0.1) is 0 Å². The van der Waals surface area contributed by atoms with Gasteiger partial charge >= 0.3 is 0 Å². The molecule has 100 heavy (non-hydrogen) atoms. The Bertz CT molecular complexity index is 2560. The number of unbranched alkanes of at least 4 members (excludes halogenated alkanes) is 6. The molecule has 38 atom stereocenters. The van der Waals surface area contributed by atoms with Crippen LogP contribution >= 0.6 is 0 Å². The molecule has 38 unspecified atom stereocenters. The summed E-state index contributed by atoms with van der Waals surface area (Å²) >= 11 is 0. The van der Waals surface area contributed by atoms with Crippen molar-refractivity contribution < 1.29 is 28.4 Å². The highest BCUT2D eigenvalue weighted by Crippen LogP contribution is 2.62. The second-order valence-corrected chi connectivity index (χ2v) is 37.7. The van der Waals surface area contributed by atoms with Crippen molar-refractivity contribution in [3.63, 3.8) is 0 Å². The van der Waals surface area contributed by atoms with Crippen molar-refractivity contribution in [2.24, 2.45) is 136 Å². The number of hydrogen-bond acceptors (Lipinski definition) is 15. The zero-order valence-corrected chi connectivity index (χ0v) is 64.5. The van der Waals surface area contributed by atoms with Gasteiger partial charge in [-0.2, -0.15) is 0 Å². The predicted molar refractivity (Wildman–Crippen MR) is 399 cm³/mol. The number of rotatable bonds is 24. The first-order valence-electron chi connectivity index (χ1n) is 44.7. The molecule has 6 aliphatic heterocycles. The van der Waals surface area contributed by atoms with E-state index in [2.05, 4.69) is 60.7 Å². The lowest BCUT2D eigenvalue weighted by Gasteiger charge is -2.57. The van der Waals surface area contributed by atoms with E-state index in [0.717, 1.165) is 159 Å². The Labute approximate surface area is 608 Å². The summed E-state index contributed by atoms with van der Waals surface area (Å²) in [6, 6.07) is 0.319. The third-order valence-corrected chi connectivity index (χ3v) is 32.7. The molecule has 0 amide bonds. The van der Waals surface area contributed by atoms with Gasteiger partial charge in [-0.1, -0.05) is 171 Å². The van der Waals surface area contributed by atoms with E-state index < -0.39 is 0 Å². The summed E-state index contributed by atoms with van der Waals surface area (Å²) < 4.78 is 47.0. The highest BCUT2D eigenvalue weighted by molar-refractivity contribution is 5.20. The molecule has 6 heterocycles. The first-order valence-corrected chi connectivity index (χ1v) is 44.7. The average Bonchev–Trinajstić information content (AvgIpc) is 1.37. The SMILES string of the molecule is CCCCOC1C2CC3CCCCC3CC2C(C)C2C3NC(NC4NC(NC5NC(NC6NC(N3)C3C(OCCCC)C7CC8CCCCC8CC7C(OCCCC)C63)C3C(C)C6CCCNC6C(OCCCC)C53)C3C(OCCCC)C5CC6CCCCC6CC5C(OCCCC)C43)C12. The normalized spacial score (nSPS) is 51.4. The van der Waals surface area contributed by atoms with Gasteiger partial charge in [0, 0.05) is 81.2 Å². The van der Waals surface area contributed by atoms with Crippen molar-refractivity contribution in [2.45, 2.75) is 353 Å². The van der Waals surface area contributed by atoms with Crippen LogP contribution in [0, 0.1) is 136 Å². The maximum atomic E-state index is 7.87. The molecule has 0 aromatic heterocycles. The van der Waals surface area contributed by atoms with Crippen molar-refractivity contribution in [2.75, 3.05) is 46.2 Å². The monoisotopic (exact) mass is 1390 g/mol. The molecule has 570 valence electrons. The van der Waals surface area contributed by atoms with E-state index in [4.69, 9.17) is 71.0 Å². The minimum absolute atomic E-state index is 0.00187. The van der Waals surface area contributed by atoms with Crippen molar-refractivity contribution in [3.8, 4) is 0 Å². The molecule has 8 bridgehead atoms. The van der Waals surface area contributed by atoms with E-state index >= 15 is 0 Å². The molecule has 15 nitrogen and oxygen atoms in total. The van der Waals surface area contributed by atoms with Gasteiger partial charge in [0.25, 0.3) is 0 Å². The van der Waals surface area contributed by atoms with Crippen LogP contribution in [0.3, 0.4) is 0 Å². The van der Waals surface area contributed by atoms with E-state index in [0.29, 0.717) is 71.1 Å². The Balaban J connectivity index is 0.865. The topological polar surface area (TPSA) is 164 Å². The molecule has 0 spiro atoms. The zero-order chi connectivity index (χ0) is 68.1. The van der Waals surface area contributed by atoms with Crippen LogP contribution in [0.1, 0.15) is 261 Å². The maximum absolute atomic E-state index is 7.87. The number of nitrogens with one attached hydrogen (secondary N) is 9. The Morgan fingerprint density at radius 3 is 0.770 bits per heavy atom. The summed E-state index contributed by atoms with van der Waals surface area (Å²) in [7, 11) is 0. The minimum atomic E-state index is -0.0234. The Morgan fingerprint density at radius 2 is 0.480 bits per heavy atom. The lowest BCUT2D eigenvalue weighted by molar-refractivity contribution is -0.187. The van der Waals surface area contributed by atoms with Gasteiger partial charge in [-0.3, -0.25) is 42.5 Å². The fraction of sp³-hybridized carbons (Fsp3) is 1.00. The highest BCUT2D eigenvalue weighted by Gasteiger charge is 2.69. The fourth-order valence-corrected chi connectivity index (χ4v) is 28.3. The van der Waals surface area contributed by atoms with Crippen LogP contribution < -0.4 is 47.9 Å². The predicted octanol–water partition coefficient (Wildman–Crippen LogP) is 13.6. The van der Waals surface area contributed by atoms with Crippen LogP contribution in [0.5, 0.6) is 0 Å². The first kappa shape index (κ1) is 73.5. The van der Waals surface area contributed by atoms with Gasteiger partial charge in [0.2, 0.25) is 0 Å². The van der Waals surface area contributed by atoms with Crippen LogP contribution in [0.2, 0.25) is 0 Å². The zero-order valence-electron chi connectivity index (χ0n) is 64.5. The van der Waals surface area contributed by atoms with Crippen LogP contribution in [-0.2, 0) is 28.4 Å². The number of piperidine rings is 1. The summed E-state index contributed by atoms with van der Waals surface area (Å²) in [5, 5.41) is 42.5. The molecule has 0 aromatic carbocycles. The molecule has 0 radical (unpaired) electrons. The van der Waals surface area contributed by atoms with E-state index in [1.165, 1.54) is 128 Å². The van der Waals surface area contributed by atoms with Crippen molar-refractivity contribution in [1.29, 1.82) is 0 Å². The molecule has 16 aliphatic rings. The number of hydrogen-bond donors (Lipinski definition) is 9. The molecule has 9 N–H and O–H groups in total. The van der Waals surface area contributed by atoms with Crippen LogP contribution in [0.4, 0.5) is 0 Å². The molecule has 10 aliphatic carbocycles. The van der Waals surface area contributed by atoms with Gasteiger partial charge in [-0.25, -0.2) is 0 Å². The van der Waals surface area contributed by atoms with Gasteiger partial charge in [0.1, 0.15) is 0 Å². The lowest BCUT2D eigenvalue weighted by atomic mass is 9.52. The smallest absolute Gasteiger partial charge is 0.0790 e. The molecule has 16 fully saturated rings. The number of ether oxygens (including phenoxy) is 6. The quantitative estimate of drug-likeness (QED) is 0.0419. The standard InChI is InChI=1S/C85H149N9O6/c1-9-15-36-95-72-58-43-51-29-22-21-28-50(51)42-57(58)49(8)64-65(72)80-87-79(64)90-83-68-67(73(96-37-16-10-2)59-44-52-30-23-24-31-53(52)45-60(59)74(68)97-38-17-11-3)82(93-83)89-78-63-48(7)56-34-27-35-86-71(56)77(100-41-20-14-6)66(63)81(88-78)92-85-70-69(84(91-80)94-85)75(98-39-18-12-4)61-46-54-32-25-26-33-55(54)47-62(61)76(70)99-40-19-13-5/h48-94H,9-47H2,1-8H3. The molecule has 10 saturated carbocycles. The third-order valence-electron chi connectivity index (χ3n) is 32.7. The van der Waals surface area contributed by atoms with E-state index in [1.54, 1.807) is 0 Å². The van der Waals surface area contributed by atoms with Crippen LogP contribution in [0.25, 0.3) is 0 Å².